The van der Waals surface area contributed by atoms with Gasteiger partial charge in [0.1, 0.15) is 0 Å². The highest BCUT2D eigenvalue weighted by atomic mass is 32.2. The largest absolute Gasteiger partial charge is 0.202 e. The van der Waals surface area contributed by atoms with E-state index in [0.717, 1.165) is 22.3 Å². The smallest absolute Gasteiger partial charge is 0.200 e. The lowest BCUT2D eigenvalue weighted by atomic mass is 10.2. The predicted octanol–water partition coefficient (Wildman–Crippen LogP) is 8.01. The lowest BCUT2D eigenvalue weighted by molar-refractivity contribution is 0.761. The van der Waals surface area contributed by atoms with E-state index in [2.05, 4.69) is 0 Å². The second-order valence-electron chi connectivity index (χ2n) is 10.8. The predicted molar refractivity (Wildman–Crippen MR) is 198 cm³/mol. The molecular weight excluding hydrogens is 729 g/mol. The van der Waals surface area contributed by atoms with Crippen molar-refractivity contribution >= 4 is 47.0 Å². The molecule has 8 aromatic rings. The van der Waals surface area contributed by atoms with Gasteiger partial charge in [-0.2, -0.15) is 19.9 Å². The summed E-state index contributed by atoms with van der Waals surface area (Å²) in [6, 6.07) is 38.9. The fourth-order valence-corrected chi connectivity index (χ4v) is 7.91. The molecule has 12 nitrogen and oxygen atoms in total. The highest BCUT2D eigenvalue weighted by molar-refractivity contribution is 8.00. The third-order valence-corrected chi connectivity index (χ3v) is 10.2. The highest BCUT2D eigenvalue weighted by Gasteiger charge is 2.21. The molecule has 0 aliphatic carbocycles. The van der Waals surface area contributed by atoms with Gasteiger partial charge in [-0.3, -0.25) is 0 Å². The van der Waals surface area contributed by atoms with Crippen LogP contribution in [0.15, 0.2) is 163 Å². The van der Waals surface area contributed by atoms with Crippen LogP contribution in [0.25, 0.3) is 45.6 Å². The monoisotopic (exact) mass is 748 g/mol. The molecule has 0 spiro atoms. The molecule has 0 amide bonds. The first-order chi connectivity index (χ1) is 25.7. The minimum absolute atomic E-state index is 0.394. The Kier molecular flexibility index (Phi) is 9.00. The summed E-state index contributed by atoms with van der Waals surface area (Å²) in [5.74, 6) is 1.95. The van der Waals surface area contributed by atoms with Crippen molar-refractivity contribution in [2.75, 3.05) is 0 Å². The molecule has 0 saturated carbocycles. The molecular formula is C36H20N12S4. The van der Waals surface area contributed by atoms with E-state index in [1.54, 1.807) is 0 Å². The zero-order valence-electron chi connectivity index (χ0n) is 26.5. The Bertz CT molecular complexity index is 2100. The number of benzene rings is 4. The Hall–Kier alpha value is -5.68. The Morgan fingerprint density at radius 3 is 0.558 bits per heavy atom. The van der Waals surface area contributed by atoms with Gasteiger partial charge in [0, 0.05) is 22.3 Å². The summed E-state index contributed by atoms with van der Waals surface area (Å²) in [6.45, 7) is 0. The van der Waals surface area contributed by atoms with Crippen molar-refractivity contribution in [1.29, 1.82) is 0 Å². The first-order valence-corrected chi connectivity index (χ1v) is 18.9. The van der Waals surface area contributed by atoms with Crippen LogP contribution >= 0.6 is 47.0 Å². The summed E-state index contributed by atoms with van der Waals surface area (Å²) < 4.78 is 0. The minimum atomic E-state index is 0.394. The van der Waals surface area contributed by atoms with Gasteiger partial charge in [0.05, 0.1) is 0 Å². The molecule has 52 heavy (non-hydrogen) atoms. The summed E-state index contributed by atoms with van der Waals surface area (Å²) in [7, 11) is 0. The maximum absolute atomic E-state index is 4.82. The van der Waals surface area contributed by atoms with Crippen molar-refractivity contribution in [2.24, 2.45) is 0 Å². The van der Waals surface area contributed by atoms with Crippen LogP contribution in [0.1, 0.15) is 0 Å². The Morgan fingerprint density at radius 2 is 0.385 bits per heavy atom. The van der Waals surface area contributed by atoms with Gasteiger partial charge in [-0.25, -0.2) is 39.9 Å². The Labute approximate surface area is 313 Å². The molecule has 0 N–H and O–H groups in total. The first kappa shape index (κ1) is 32.2. The standard InChI is InChI=1S/C36H20N12S4/c1-5-13-21(14-6-1)25-37-29-45-30(38-25)50-32-40-27(23-17-9-3-10-18-23)42-34(47-32)52-36-44-28(24-19-11-4-12-20-24)43-35(48-36)51-33-41-26(39-31(46-33)49-29)22-15-7-2-8-16-22/h1-20H. The minimum Gasteiger partial charge on any atom is -0.202 e. The van der Waals surface area contributed by atoms with E-state index in [0.29, 0.717) is 64.5 Å². The van der Waals surface area contributed by atoms with E-state index >= 15 is 0 Å². The molecule has 0 radical (unpaired) electrons. The normalized spacial score (nSPS) is 12.3. The van der Waals surface area contributed by atoms with Gasteiger partial charge >= 0.3 is 0 Å². The maximum Gasteiger partial charge on any atom is 0.200 e. The van der Waals surface area contributed by atoms with Crippen LogP contribution in [-0.4, -0.2) is 59.8 Å². The van der Waals surface area contributed by atoms with Crippen LogP contribution in [0.2, 0.25) is 0 Å². The van der Waals surface area contributed by atoms with Crippen LogP contribution < -0.4 is 0 Å². The third kappa shape index (κ3) is 7.36. The van der Waals surface area contributed by atoms with E-state index in [1.807, 2.05) is 121 Å². The van der Waals surface area contributed by atoms with Crippen molar-refractivity contribution in [2.45, 2.75) is 41.3 Å². The van der Waals surface area contributed by atoms with Crippen LogP contribution in [0, 0.1) is 0 Å². The SMILES string of the molecule is c1ccc(-c2nc3nc(n2)Sc2nc(nc(-c4ccccc4)n2)Sc2nc(nc(-c4ccccc4)n2)Sc2nc(nc(-c4ccccc4)n2)S3)cc1. The van der Waals surface area contributed by atoms with Crippen molar-refractivity contribution in [3.05, 3.63) is 121 Å². The lowest BCUT2D eigenvalue weighted by Gasteiger charge is -2.11. The number of hydrogen-bond acceptors (Lipinski definition) is 16. The maximum atomic E-state index is 4.82. The molecule has 5 heterocycles. The fourth-order valence-electron chi connectivity index (χ4n) is 4.91. The Morgan fingerprint density at radius 1 is 0.212 bits per heavy atom. The average Bonchev–Trinajstić information content (AvgIpc) is 3.18. The van der Waals surface area contributed by atoms with Gasteiger partial charge in [-0.15, -0.1) is 0 Å². The second kappa shape index (κ2) is 14.5. The molecule has 0 saturated heterocycles. The number of hydrogen-bond donors (Lipinski definition) is 0. The third-order valence-electron chi connectivity index (χ3n) is 7.24. The van der Waals surface area contributed by atoms with E-state index in [1.165, 1.54) is 47.0 Å². The molecule has 9 rings (SSSR count). The topological polar surface area (TPSA) is 155 Å². The summed E-state index contributed by atoms with van der Waals surface area (Å²) in [5, 5.41) is 3.15. The Balaban J connectivity index is 1.24. The van der Waals surface area contributed by atoms with Crippen LogP contribution in [0.3, 0.4) is 0 Å². The van der Waals surface area contributed by atoms with E-state index in [4.69, 9.17) is 59.8 Å². The number of nitrogens with zero attached hydrogens (tertiary/aromatic N) is 12. The van der Waals surface area contributed by atoms with Gasteiger partial charge in [0.2, 0.25) is 0 Å². The van der Waals surface area contributed by atoms with Crippen molar-refractivity contribution in [3.8, 4) is 45.6 Å². The summed E-state index contributed by atoms with van der Waals surface area (Å²) in [5.41, 5.74) is 3.31. The number of fused-ring (bicyclic) bond motifs is 8. The second-order valence-corrected chi connectivity index (χ2v) is 14.5. The van der Waals surface area contributed by atoms with Crippen LogP contribution in [0.5, 0.6) is 0 Å². The van der Waals surface area contributed by atoms with Gasteiger partial charge < -0.3 is 0 Å². The van der Waals surface area contributed by atoms with Gasteiger partial charge in [0.15, 0.2) is 64.5 Å². The number of aromatic nitrogens is 12. The molecule has 8 bridgehead atoms. The van der Waals surface area contributed by atoms with E-state index < -0.39 is 0 Å². The molecule has 4 aromatic carbocycles. The van der Waals surface area contributed by atoms with Gasteiger partial charge in [-0.1, -0.05) is 121 Å². The molecule has 0 fully saturated rings. The average molecular weight is 749 g/mol. The summed E-state index contributed by atoms with van der Waals surface area (Å²) >= 11 is 4.83. The van der Waals surface area contributed by atoms with Crippen LogP contribution in [0.4, 0.5) is 0 Å². The van der Waals surface area contributed by atoms with E-state index in [9.17, 15) is 0 Å². The zero-order valence-corrected chi connectivity index (χ0v) is 29.8. The quantitative estimate of drug-likeness (QED) is 0.170. The summed E-state index contributed by atoms with van der Waals surface area (Å²) in [4.78, 5) is 57.9. The molecule has 0 atom stereocenters. The summed E-state index contributed by atoms with van der Waals surface area (Å²) in [6.07, 6.45) is 0. The zero-order chi connectivity index (χ0) is 34.7. The van der Waals surface area contributed by atoms with Crippen molar-refractivity contribution in [3.63, 3.8) is 0 Å². The van der Waals surface area contributed by atoms with Crippen molar-refractivity contribution < 1.29 is 0 Å². The van der Waals surface area contributed by atoms with Crippen molar-refractivity contribution in [1.82, 2.24) is 59.8 Å². The molecule has 1 aliphatic rings. The van der Waals surface area contributed by atoms with Gasteiger partial charge in [-0.05, 0) is 47.0 Å². The molecule has 16 heteroatoms. The first-order valence-electron chi connectivity index (χ1n) is 15.6. The molecule has 0 unspecified atom stereocenters. The molecule has 1 aliphatic heterocycles. The highest BCUT2D eigenvalue weighted by Crippen LogP contribution is 2.35. The fraction of sp³-hybridized carbons (Fsp3) is 0. The van der Waals surface area contributed by atoms with E-state index in [-0.39, 0.29) is 0 Å². The van der Waals surface area contributed by atoms with Crippen LogP contribution in [-0.2, 0) is 0 Å². The lowest BCUT2D eigenvalue weighted by Crippen LogP contribution is -2.04. The van der Waals surface area contributed by atoms with Gasteiger partial charge in [0.25, 0.3) is 0 Å². The molecule has 248 valence electrons. The number of rotatable bonds is 4. The molecule has 4 aromatic heterocycles.